The van der Waals surface area contributed by atoms with Crippen LogP contribution in [0.5, 0.6) is 5.75 Å². The molecule has 44 heavy (non-hydrogen) atoms. The Morgan fingerprint density at radius 2 is 1.30 bits per heavy atom. The summed E-state index contributed by atoms with van der Waals surface area (Å²) in [5.41, 5.74) is 6.94. The number of anilines is 3. The van der Waals surface area contributed by atoms with Crippen molar-refractivity contribution in [3.05, 3.63) is 169 Å². The minimum Gasteiger partial charge on any atom is -0.460 e. The lowest BCUT2D eigenvalue weighted by molar-refractivity contribution is 0.426. The number of para-hydroxylation sites is 2. The predicted molar refractivity (Wildman–Crippen MR) is 184 cm³/mol. The Hall–Kier alpha value is -5.60. The third-order valence-electron chi connectivity index (χ3n) is 9.17. The van der Waals surface area contributed by atoms with Crippen molar-refractivity contribution in [1.82, 2.24) is 0 Å². The topological polar surface area (TPSA) is 12.5 Å². The molecule has 0 bridgehead atoms. The fourth-order valence-electron chi connectivity index (χ4n) is 7.06. The quantitative estimate of drug-likeness (QED) is 0.198. The van der Waals surface area contributed by atoms with Crippen LogP contribution >= 0.6 is 0 Å². The normalized spacial score (nSPS) is 15.2. The first-order valence-corrected chi connectivity index (χ1v) is 15.3. The molecule has 0 saturated carbocycles. The highest BCUT2D eigenvalue weighted by Crippen LogP contribution is 2.49. The van der Waals surface area contributed by atoms with Crippen molar-refractivity contribution in [1.29, 1.82) is 0 Å². The molecule has 1 atom stereocenters. The van der Waals surface area contributed by atoms with Crippen LogP contribution in [0.2, 0.25) is 0 Å². The van der Waals surface area contributed by atoms with E-state index in [1.807, 2.05) is 0 Å². The van der Waals surface area contributed by atoms with Gasteiger partial charge in [0.1, 0.15) is 11.5 Å². The zero-order chi connectivity index (χ0) is 29.0. The summed E-state index contributed by atoms with van der Waals surface area (Å²) < 4.78 is 6.41. The van der Waals surface area contributed by atoms with E-state index in [2.05, 4.69) is 163 Å². The Kier molecular flexibility index (Phi) is 5.67. The molecule has 0 amide bonds. The van der Waals surface area contributed by atoms with Gasteiger partial charge in [-0.05, 0) is 86.8 Å². The summed E-state index contributed by atoms with van der Waals surface area (Å²) in [6.45, 7) is 0. The summed E-state index contributed by atoms with van der Waals surface area (Å²) in [7, 11) is 0. The third kappa shape index (κ3) is 3.95. The van der Waals surface area contributed by atoms with E-state index in [0.29, 0.717) is 5.92 Å². The molecular weight excluding hydrogens is 534 g/mol. The minimum absolute atomic E-state index is 0.325. The lowest BCUT2D eigenvalue weighted by Crippen LogP contribution is -2.09. The van der Waals surface area contributed by atoms with Crippen molar-refractivity contribution < 1.29 is 4.74 Å². The van der Waals surface area contributed by atoms with E-state index in [9.17, 15) is 0 Å². The van der Waals surface area contributed by atoms with Crippen LogP contribution in [0.3, 0.4) is 0 Å². The molecule has 1 aliphatic carbocycles. The van der Waals surface area contributed by atoms with Gasteiger partial charge in [0.15, 0.2) is 0 Å². The molecule has 1 unspecified atom stereocenters. The zero-order valence-electron chi connectivity index (χ0n) is 24.2. The van der Waals surface area contributed by atoms with E-state index in [1.165, 1.54) is 37.9 Å². The van der Waals surface area contributed by atoms with Gasteiger partial charge >= 0.3 is 0 Å². The molecule has 7 aromatic rings. The van der Waals surface area contributed by atoms with E-state index >= 15 is 0 Å². The summed E-state index contributed by atoms with van der Waals surface area (Å²) in [6, 6.07) is 50.5. The molecule has 2 heteroatoms. The van der Waals surface area contributed by atoms with Crippen LogP contribution in [0.4, 0.5) is 17.1 Å². The molecule has 1 aliphatic heterocycles. The summed E-state index contributed by atoms with van der Waals surface area (Å²) in [4.78, 5) is 2.34. The molecule has 7 aromatic carbocycles. The van der Waals surface area contributed by atoms with Crippen LogP contribution in [0.15, 0.2) is 164 Å². The average Bonchev–Trinajstić information content (AvgIpc) is 3.48. The van der Waals surface area contributed by atoms with Gasteiger partial charge < -0.3 is 9.64 Å². The first-order valence-electron chi connectivity index (χ1n) is 15.3. The largest absolute Gasteiger partial charge is 0.460 e. The molecule has 2 aliphatic rings. The van der Waals surface area contributed by atoms with E-state index in [-0.39, 0.29) is 0 Å². The molecule has 0 aromatic heterocycles. The third-order valence-corrected chi connectivity index (χ3v) is 9.17. The summed E-state index contributed by atoms with van der Waals surface area (Å²) in [5.74, 6) is 2.37. The molecule has 208 valence electrons. The highest BCUT2D eigenvalue weighted by molar-refractivity contribution is 6.20. The number of allylic oxidation sites excluding steroid dienone is 4. The first-order chi connectivity index (χ1) is 21.8. The number of fused-ring (bicyclic) bond motifs is 8. The highest BCUT2D eigenvalue weighted by Gasteiger charge is 2.31. The van der Waals surface area contributed by atoms with E-state index in [0.717, 1.165) is 46.1 Å². The molecule has 9 rings (SSSR count). The van der Waals surface area contributed by atoms with E-state index < -0.39 is 0 Å². The van der Waals surface area contributed by atoms with Gasteiger partial charge in [0.2, 0.25) is 0 Å². The Labute approximate surface area is 256 Å². The maximum Gasteiger partial charge on any atom is 0.138 e. The lowest BCUT2D eigenvalue weighted by Gasteiger charge is -2.26. The number of nitrogens with zero attached hydrogens (tertiary/aromatic N) is 1. The second-order valence-electron chi connectivity index (χ2n) is 11.7. The first kappa shape index (κ1) is 24.9. The molecule has 0 spiro atoms. The number of hydrogen-bond donors (Lipinski definition) is 0. The SMILES string of the molecule is C1=CCC2C(=C1)Oc1c(-c3ccc(N(c4ccccc4)c4ccc5c(ccc6ccc7ccccc7c65)c4)cc3)cccc12. The smallest absolute Gasteiger partial charge is 0.138 e. The van der Waals surface area contributed by atoms with Crippen LogP contribution < -0.4 is 9.64 Å². The van der Waals surface area contributed by atoms with Crippen molar-refractivity contribution >= 4 is 49.4 Å². The van der Waals surface area contributed by atoms with E-state index in [4.69, 9.17) is 4.74 Å². The molecule has 0 N–H and O–H groups in total. The molecule has 0 radical (unpaired) electrons. The van der Waals surface area contributed by atoms with Gasteiger partial charge in [-0.3, -0.25) is 0 Å². The minimum atomic E-state index is 0.325. The van der Waals surface area contributed by atoms with Gasteiger partial charge in [-0.25, -0.2) is 0 Å². The van der Waals surface area contributed by atoms with Crippen LogP contribution in [0.25, 0.3) is 43.4 Å². The second kappa shape index (κ2) is 10.00. The fourth-order valence-corrected chi connectivity index (χ4v) is 7.06. The van der Waals surface area contributed by atoms with Crippen molar-refractivity contribution in [3.8, 4) is 16.9 Å². The lowest BCUT2D eigenvalue weighted by atomic mass is 9.90. The van der Waals surface area contributed by atoms with Crippen molar-refractivity contribution in [2.75, 3.05) is 4.90 Å². The molecular formula is C42H29NO. The van der Waals surface area contributed by atoms with Crippen LogP contribution in [0, 0.1) is 0 Å². The van der Waals surface area contributed by atoms with Gasteiger partial charge in [-0.2, -0.15) is 0 Å². The second-order valence-corrected chi connectivity index (χ2v) is 11.7. The molecule has 0 saturated heterocycles. The van der Waals surface area contributed by atoms with Crippen LogP contribution in [-0.4, -0.2) is 0 Å². The fraction of sp³-hybridized carbons (Fsp3) is 0.0476. The van der Waals surface area contributed by atoms with Crippen molar-refractivity contribution in [2.24, 2.45) is 0 Å². The summed E-state index contributed by atoms with van der Waals surface area (Å²) in [5, 5.41) is 7.64. The number of hydrogen-bond acceptors (Lipinski definition) is 2. The van der Waals surface area contributed by atoms with Crippen LogP contribution in [0.1, 0.15) is 17.9 Å². The van der Waals surface area contributed by atoms with Gasteiger partial charge in [-0.15, -0.1) is 0 Å². The van der Waals surface area contributed by atoms with Gasteiger partial charge in [0.25, 0.3) is 0 Å². The van der Waals surface area contributed by atoms with Gasteiger partial charge in [0.05, 0.1) is 0 Å². The number of ether oxygens (including phenoxy) is 1. The monoisotopic (exact) mass is 563 g/mol. The molecule has 0 fully saturated rings. The summed E-state index contributed by atoms with van der Waals surface area (Å²) >= 11 is 0. The van der Waals surface area contributed by atoms with Crippen LogP contribution in [-0.2, 0) is 0 Å². The highest BCUT2D eigenvalue weighted by atomic mass is 16.5. The number of rotatable bonds is 4. The van der Waals surface area contributed by atoms with E-state index in [1.54, 1.807) is 0 Å². The van der Waals surface area contributed by atoms with Gasteiger partial charge in [-0.1, -0.05) is 115 Å². The Morgan fingerprint density at radius 1 is 0.568 bits per heavy atom. The Balaban J connectivity index is 1.15. The zero-order valence-corrected chi connectivity index (χ0v) is 24.2. The standard InChI is InChI=1S/C42H29NO/c1-2-10-32(11-3-1)43(34-25-26-36-31(27-34)20-19-30-18-17-28-9-4-5-12-35(28)41(30)36)33-23-21-29(22-24-33)37-14-8-15-39-38-13-6-7-16-40(38)44-42(37)39/h1-12,14-27,38H,13H2. The number of benzene rings is 7. The van der Waals surface area contributed by atoms with Crippen molar-refractivity contribution in [3.63, 3.8) is 0 Å². The Morgan fingerprint density at radius 3 is 2.18 bits per heavy atom. The maximum absolute atomic E-state index is 6.41. The predicted octanol–water partition coefficient (Wildman–Crippen LogP) is 11.6. The average molecular weight is 564 g/mol. The summed E-state index contributed by atoms with van der Waals surface area (Å²) in [6.07, 6.45) is 7.42. The van der Waals surface area contributed by atoms with Crippen molar-refractivity contribution in [2.45, 2.75) is 12.3 Å². The maximum atomic E-state index is 6.41. The van der Waals surface area contributed by atoms with Gasteiger partial charge in [0, 0.05) is 34.1 Å². The molecule has 1 heterocycles. The Bertz CT molecular complexity index is 2280. The molecule has 2 nitrogen and oxygen atoms in total.